The maximum atomic E-state index is 7.86. The summed E-state index contributed by atoms with van der Waals surface area (Å²) < 4.78 is 0. The van der Waals surface area contributed by atoms with E-state index in [1.54, 1.807) is 0 Å². The number of nitrogens with two attached hydrogens (primary N) is 1. The van der Waals surface area contributed by atoms with Crippen LogP contribution in [0.4, 0.5) is 0 Å². The molecular formula is C27H32N4. The average Bonchev–Trinajstić information content (AvgIpc) is 2.78. The van der Waals surface area contributed by atoms with Gasteiger partial charge in [0.2, 0.25) is 0 Å². The first-order chi connectivity index (χ1) is 15.2. The Kier molecular flexibility index (Phi) is 7.13. The Balaban J connectivity index is 1.63. The van der Waals surface area contributed by atoms with E-state index >= 15 is 0 Å². The number of rotatable bonds is 8. The van der Waals surface area contributed by atoms with Crippen molar-refractivity contribution in [1.29, 1.82) is 5.41 Å². The molecule has 1 saturated heterocycles. The summed E-state index contributed by atoms with van der Waals surface area (Å²) in [5.74, 6) is 0.244. The molecule has 160 valence electrons. The molecule has 3 aromatic carbocycles. The van der Waals surface area contributed by atoms with Crippen LogP contribution in [-0.4, -0.2) is 47.4 Å². The smallest absolute Gasteiger partial charge is 0.105 e. The monoisotopic (exact) mass is 412 g/mol. The number of benzene rings is 3. The first-order valence-corrected chi connectivity index (χ1v) is 11.1. The summed E-state index contributed by atoms with van der Waals surface area (Å²) in [5.41, 5.74) is 9.86. The molecule has 2 unspecified atom stereocenters. The molecule has 0 aromatic heterocycles. The third-order valence-corrected chi connectivity index (χ3v) is 6.11. The van der Waals surface area contributed by atoms with Crippen molar-refractivity contribution >= 4 is 5.84 Å². The maximum absolute atomic E-state index is 7.86. The molecule has 4 heteroatoms. The van der Waals surface area contributed by atoms with E-state index in [9.17, 15) is 0 Å². The molecule has 4 rings (SSSR count). The zero-order chi connectivity index (χ0) is 21.5. The van der Waals surface area contributed by atoms with Crippen LogP contribution in [0.25, 0.3) is 0 Å². The van der Waals surface area contributed by atoms with E-state index in [2.05, 4.69) is 101 Å². The van der Waals surface area contributed by atoms with Gasteiger partial charge in [-0.25, -0.2) is 0 Å². The predicted molar refractivity (Wildman–Crippen MR) is 128 cm³/mol. The molecule has 0 amide bonds. The van der Waals surface area contributed by atoms with Crippen LogP contribution in [0.5, 0.6) is 0 Å². The Morgan fingerprint density at radius 3 is 1.55 bits per heavy atom. The zero-order valence-corrected chi connectivity index (χ0v) is 18.0. The highest BCUT2D eigenvalue weighted by atomic mass is 15.3. The molecule has 3 N–H and O–H groups in total. The first kappa shape index (κ1) is 21.3. The molecule has 1 aliphatic rings. The van der Waals surface area contributed by atoms with E-state index < -0.39 is 0 Å². The van der Waals surface area contributed by atoms with Gasteiger partial charge in [-0.2, -0.15) is 0 Å². The summed E-state index contributed by atoms with van der Waals surface area (Å²) in [6, 6.07) is 33.0. The lowest BCUT2D eigenvalue weighted by molar-refractivity contribution is 0.0237. The number of hydrogen-bond donors (Lipinski definition) is 2. The SMILES string of the molecule is N=C(N)CN1CC(Cc2ccccc2)N(Cc2ccccc2)C(Cc2ccccc2)C1. The zero-order valence-electron chi connectivity index (χ0n) is 18.0. The van der Waals surface area contributed by atoms with Crippen LogP contribution in [0.15, 0.2) is 91.0 Å². The number of nitrogens with zero attached hydrogens (tertiary/aromatic N) is 2. The largest absolute Gasteiger partial charge is 0.387 e. The first-order valence-electron chi connectivity index (χ1n) is 11.1. The fourth-order valence-corrected chi connectivity index (χ4v) is 4.74. The number of hydrogen-bond acceptors (Lipinski definition) is 3. The molecule has 0 radical (unpaired) electrons. The molecular weight excluding hydrogens is 380 g/mol. The van der Waals surface area contributed by atoms with Gasteiger partial charge in [-0.3, -0.25) is 15.2 Å². The lowest BCUT2D eigenvalue weighted by atomic mass is 9.94. The Labute approximate surface area is 185 Å². The van der Waals surface area contributed by atoms with Gasteiger partial charge in [0.05, 0.1) is 6.54 Å². The van der Waals surface area contributed by atoms with Crippen molar-refractivity contribution in [3.63, 3.8) is 0 Å². The number of piperazine rings is 1. The van der Waals surface area contributed by atoms with Crippen LogP contribution in [-0.2, 0) is 19.4 Å². The Morgan fingerprint density at radius 1 is 0.710 bits per heavy atom. The van der Waals surface area contributed by atoms with Crippen LogP contribution >= 0.6 is 0 Å². The van der Waals surface area contributed by atoms with Crippen molar-refractivity contribution in [3.05, 3.63) is 108 Å². The molecule has 2 atom stereocenters. The van der Waals surface area contributed by atoms with Gasteiger partial charge in [0, 0.05) is 31.7 Å². The molecule has 0 spiro atoms. The summed E-state index contributed by atoms with van der Waals surface area (Å²) in [6.07, 6.45) is 1.99. The highest BCUT2D eigenvalue weighted by molar-refractivity contribution is 5.78. The van der Waals surface area contributed by atoms with E-state index in [1.807, 2.05) is 0 Å². The van der Waals surface area contributed by atoms with E-state index in [-0.39, 0.29) is 5.84 Å². The second kappa shape index (κ2) is 10.4. The van der Waals surface area contributed by atoms with Gasteiger partial charge in [0.25, 0.3) is 0 Å². The van der Waals surface area contributed by atoms with Crippen molar-refractivity contribution in [1.82, 2.24) is 9.80 Å². The number of nitrogens with one attached hydrogen (secondary N) is 1. The van der Waals surface area contributed by atoms with Crippen LogP contribution < -0.4 is 5.73 Å². The van der Waals surface area contributed by atoms with Gasteiger partial charge in [-0.15, -0.1) is 0 Å². The molecule has 4 nitrogen and oxygen atoms in total. The van der Waals surface area contributed by atoms with Crippen molar-refractivity contribution in [2.24, 2.45) is 5.73 Å². The van der Waals surface area contributed by atoms with Crippen molar-refractivity contribution in [3.8, 4) is 0 Å². The van der Waals surface area contributed by atoms with Crippen LogP contribution in [0.3, 0.4) is 0 Å². The summed E-state index contributed by atoms with van der Waals surface area (Å²) in [6.45, 7) is 3.32. The van der Waals surface area contributed by atoms with Gasteiger partial charge in [0.1, 0.15) is 5.84 Å². The van der Waals surface area contributed by atoms with Gasteiger partial charge in [-0.05, 0) is 29.5 Å². The Morgan fingerprint density at radius 2 is 1.13 bits per heavy atom. The number of amidine groups is 1. The second-order valence-electron chi connectivity index (χ2n) is 8.56. The Bertz CT molecular complexity index is 891. The lowest BCUT2D eigenvalue weighted by Crippen LogP contribution is -2.60. The highest BCUT2D eigenvalue weighted by Gasteiger charge is 2.34. The van der Waals surface area contributed by atoms with Crippen molar-refractivity contribution in [2.45, 2.75) is 31.5 Å². The fourth-order valence-electron chi connectivity index (χ4n) is 4.74. The van der Waals surface area contributed by atoms with Gasteiger partial charge in [0.15, 0.2) is 0 Å². The van der Waals surface area contributed by atoms with Crippen LogP contribution in [0.1, 0.15) is 16.7 Å². The summed E-state index contributed by atoms with van der Waals surface area (Å²) >= 11 is 0. The van der Waals surface area contributed by atoms with Gasteiger partial charge in [-0.1, -0.05) is 91.0 Å². The van der Waals surface area contributed by atoms with Crippen LogP contribution in [0.2, 0.25) is 0 Å². The van der Waals surface area contributed by atoms with Gasteiger partial charge < -0.3 is 5.73 Å². The summed E-state index contributed by atoms with van der Waals surface area (Å²) in [4.78, 5) is 5.05. The second-order valence-corrected chi connectivity index (χ2v) is 8.56. The normalized spacial score (nSPS) is 19.9. The standard InChI is InChI=1S/C27H32N4/c28-27(29)21-30-19-25(16-22-10-4-1-5-11-22)31(18-24-14-8-3-9-15-24)26(20-30)17-23-12-6-2-7-13-23/h1-15,25-26H,16-21H2,(H3,28,29). The molecule has 0 saturated carbocycles. The van der Waals surface area contributed by atoms with Crippen molar-refractivity contribution in [2.75, 3.05) is 19.6 Å². The molecule has 1 aliphatic heterocycles. The summed E-state index contributed by atoms with van der Waals surface area (Å²) in [7, 11) is 0. The maximum Gasteiger partial charge on any atom is 0.105 e. The molecule has 1 heterocycles. The van der Waals surface area contributed by atoms with Crippen molar-refractivity contribution < 1.29 is 0 Å². The minimum atomic E-state index is 0.244. The fraction of sp³-hybridized carbons (Fsp3) is 0.296. The lowest BCUT2D eigenvalue weighted by Gasteiger charge is -2.47. The molecule has 0 aliphatic carbocycles. The topological polar surface area (TPSA) is 56.4 Å². The molecule has 3 aromatic rings. The molecule has 31 heavy (non-hydrogen) atoms. The van der Waals surface area contributed by atoms with E-state index in [0.717, 1.165) is 32.5 Å². The molecule has 1 fully saturated rings. The van der Waals surface area contributed by atoms with Gasteiger partial charge >= 0.3 is 0 Å². The minimum Gasteiger partial charge on any atom is -0.387 e. The average molecular weight is 413 g/mol. The third-order valence-electron chi connectivity index (χ3n) is 6.11. The molecule has 0 bridgehead atoms. The minimum absolute atomic E-state index is 0.244. The van der Waals surface area contributed by atoms with Crippen LogP contribution in [0, 0.1) is 5.41 Å². The highest BCUT2D eigenvalue weighted by Crippen LogP contribution is 2.25. The van der Waals surface area contributed by atoms with E-state index in [0.29, 0.717) is 18.6 Å². The van der Waals surface area contributed by atoms with E-state index in [4.69, 9.17) is 11.1 Å². The predicted octanol–water partition coefficient (Wildman–Crippen LogP) is 3.96. The third kappa shape index (κ3) is 6.03. The quantitative estimate of drug-likeness (QED) is 0.435. The summed E-state index contributed by atoms with van der Waals surface area (Å²) in [5, 5.41) is 7.86. The Hall–Kier alpha value is -2.95. The van der Waals surface area contributed by atoms with E-state index in [1.165, 1.54) is 16.7 Å².